The lowest BCUT2D eigenvalue weighted by Crippen LogP contribution is -2.35. The van der Waals surface area contributed by atoms with Crippen LogP contribution in [0.5, 0.6) is 0 Å². The minimum absolute atomic E-state index is 0.0176. The number of anilines is 2. The molecule has 2 heterocycles. The lowest BCUT2D eigenvalue weighted by molar-refractivity contribution is -0.122. The van der Waals surface area contributed by atoms with Crippen molar-refractivity contribution in [3.8, 4) is 5.69 Å². The van der Waals surface area contributed by atoms with E-state index in [1.165, 1.54) is 4.68 Å². The van der Waals surface area contributed by atoms with Crippen molar-refractivity contribution in [2.24, 2.45) is 7.05 Å². The maximum absolute atomic E-state index is 12.9. The van der Waals surface area contributed by atoms with Gasteiger partial charge in [0.25, 0.3) is 5.56 Å². The molecule has 0 radical (unpaired) electrons. The van der Waals surface area contributed by atoms with E-state index >= 15 is 0 Å². The van der Waals surface area contributed by atoms with E-state index in [1.807, 2.05) is 54.6 Å². The molecular formula is C23H24N4O3S. The van der Waals surface area contributed by atoms with Gasteiger partial charge in [-0.05, 0) is 31.2 Å². The zero-order valence-electron chi connectivity index (χ0n) is 17.5. The Bertz CT molecular complexity index is 1180. The highest BCUT2D eigenvalue weighted by atomic mass is 32.2. The lowest BCUT2D eigenvalue weighted by atomic mass is 10.2. The van der Waals surface area contributed by atoms with Crippen LogP contribution in [0.4, 0.5) is 11.4 Å². The number of nitrogens with zero attached hydrogens (tertiary/aromatic N) is 3. The molecule has 1 aromatic heterocycles. The van der Waals surface area contributed by atoms with Gasteiger partial charge in [-0.1, -0.05) is 30.3 Å². The number of benzene rings is 2. The number of rotatable bonds is 5. The molecule has 0 bridgehead atoms. The van der Waals surface area contributed by atoms with E-state index in [0.717, 1.165) is 22.0 Å². The summed E-state index contributed by atoms with van der Waals surface area (Å²) in [7, 11) is 1.77. The smallest absolute Gasteiger partial charge is 0.295 e. The van der Waals surface area contributed by atoms with Gasteiger partial charge in [0.2, 0.25) is 11.8 Å². The van der Waals surface area contributed by atoms with Gasteiger partial charge < -0.3 is 10.2 Å². The second-order valence-electron chi connectivity index (χ2n) is 7.35. The molecule has 2 aromatic carbocycles. The first-order valence-corrected chi connectivity index (χ1v) is 11.1. The van der Waals surface area contributed by atoms with Gasteiger partial charge in [0.1, 0.15) is 5.69 Å². The van der Waals surface area contributed by atoms with Crippen molar-refractivity contribution < 1.29 is 9.59 Å². The van der Waals surface area contributed by atoms with Crippen LogP contribution in [0.2, 0.25) is 0 Å². The summed E-state index contributed by atoms with van der Waals surface area (Å²) < 4.78 is 3.22. The van der Waals surface area contributed by atoms with Gasteiger partial charge in [0.15, 0.2) is 0 Å². The minimum atomic E-state index is -0.348. The van der Waals surface area contributed by atoms with Crippen LogP contribution >= 0.6 is 11.8 Å². The van der Waals surface area contributed by atoms with Crippen molar-refractivity contribution in [3.05, 3.63) is 70.6 Å². The number of amides is 2. The van der Waals surface area contributed by atoms with Gasteiger partial charge in [0.05, 0.1) is 17.1 Å². The molecule has 0 atom stereocenters. The van der Waals surface area contributed by atoms with Crippen molar-refractivity contribution in [1.29, 1.82) is 0 Å². The van der Waals surface area contributed by atoms with Gasteiger partial charge in [-0.2, -0.15) is 0 Å². The Morgan fingerprint density at radius 2 is 1.74 bits per heavy atom. The van der Waals surface area contributed by atoms with Crippen LogP contribution in [-0.2, 0) is 16.6 Å². The summed E-state index contributed by atoms with van der Waals surface area (Å²) in [6, 6.07) is 17.0. The minimum Gasteiger partial charge on any atom is -0.320 e. The van der Waals surface area contributed by atoms with Crippen molar-refractivity contribution in [2.45, 2.75) is 24.7 Å². The SMILES string of the molecule is Cc1c(NC(=O)CCC(=O)N2CCSc3ccccc32)c(=O)n(-c2ccccc2)n1C. The molecule has 8 heteroatoms. The summed E-state index contributed by atoms with van der Waals surface area (Å²) in [6.45, 7) is 2.41. The maximum atomic E-state index is 12.9. The molecule has 7 nitrogen and oxygen atoms in total. The van der Waals surface area contributed by atoms with Crippen LogP contribution in [-0.4, -0.2) is 33.5 Å². The number of fused-ring (bicyclic) bond motifs is 1. The number of carbonyl (C=O) groups is 2. The van der Waals surface area contributed by atoms with Crippen LogP contribution in [0.3, 0.4) is 0 Å². The molecule has 160 valence electrons. The molecule has 4 rings (SSSR count). The zero-order chi connectivity index (χ0) is 22.0. The third-order valence-electron chi connectivity index (χ3n) is 5.41. The van der Waals surface area contributed by atoms with E-state index in [-0.39, 0.29) is 35.9 Å². The van der Waals surface area contributed by atoms with Crippen LogP contribution in [0.15, 0.2) is 64.3 Å². The molecule has 0 spiro atoms. The highest BCUT2D eigenvalue weighted by Crippen LogP contribution is 2.34. The van der Waals surface area contributed by atoms with Gasteiger partial charge in [0, 0.05) is 37.1 Å². The van der Waals surface area contributed by atoms with E-state index in [1.54, 1.807) is 35.3 Å². The molecule has 0 aliphatic carbocycles. The summed E-state index contributed by atoms with van der Waals surface area (Å²) in [5, 5.41) is 2.72. The third kappa shape index (κ3) is 4.16. The monoisotopic (exact) mass is 436 g/mol. The van der Waals surface area contributed by atoms with Crippen LogP contribution in [0.1, 0.15) is 18.5 Å². The Morgan fingerprint density at radius 3 is 2.52 bits per heavy atom. The Hall–Kier alpha value is -3.26. The molecule has 0 saturated carbocycles. The predicted octanol–water partition coefficient (Wildman–Crippen LogP) is 3.34. The van der Waals surface area contributed by atoms with Gasteiger partial charge in [-0.3, -0.25) is 19.1 Å². The first kappa shape index (κ1) is 21.0. The summed E-state index contributed by atoms with van der Waals surface area (Å²) in [6.07, 6.45) is 0.105. The zero-order valence-corrected chi connectivity index (χ0v) is 18.3. The van der Waals surface area contributed by atoms with Crippen molar-refractivity contribution >= 4 is 35.0 Å². The normalized spacial score (nSPS) is 13.0. The topological polar surface area (TPSA) is 76.3 Å². The first-order valence-electron chi connectivity index (χ1n) is 10.1. The Kier molecular flexibility index (Phi) is 5.99. The van der Waals surface area contributed by atoms with E-state index in [4.69, 9.17) is 0 Å². The number of thioether (sulfide) groups is 1. The van der Waals surface area contributed by atoms with Gasteiger partial charge in [-0.25, -0.2) is 4.68 Å². The summed E-state index contributed by atoms with van der Waals surface area (Å²) in [5.41, 5.74) is 2.20. The van der Waals surface area contributed by atoms with E-state index in [0.29, 0.717) is 12.2 Å². The van der Waals surface area contributed by atoms with E-state index in [2.05, 4.69) is 5.32 Å². The molecule has 1 N–H and O–H groups in total. The molecule has 0 fully saturated rings. The largest absolute Gasteiger partial charge is 0.320 e. The quantitative estimate of drug-likeness (QED) is 0.666. The Labute approximate surface area is 184 Å². The molecular weight excluding hydrogens is 412 g/mol. The molecule has 1 aliphatic rings. The van der Waals surface area contributed by atoms with Crippen molar-refractivity contribution in [2.75, 3.05) is 22.5 Å². The van der Waals surface area contributed by atoms with E-state index in [9.17, 15) is 14.4 Å². The molecule has 3 aromatic rings. The average molecular weight is 437 g/mol. The van der Waals surface area contributed by atoms with Crippen molar-refractivity contribution in [1.82, 2.24) is 9.36 Å². The number of nitrogens with one attached hydrogen (secondary N) is 1. The fraction of sp³-hybridized carbons (Fsp3) is 0.261. The molecule has 31 heavy (non-hydrogen) atoms. The van der Waals surface area contributed by atoms with Gasteiger partial charge >= 0.3 is 0 Å². The molecule has 0 unspecified atom stereocenters. The van der Waals surface area contributed by atoms with Crippen LogP contribution < -0.4 is 15.8 Å². The van der Waals surface area contributed by atoms with Crippen molar-refractivity contribution in [3.63, 3.8) is 0 Å². The Morgan fingerprint density at radius 1 is 1.03 bits per heavy atom. The molecule has 2 amide bonds. The van der Waals surface area contributed by atoms with Gasteiger partial charge in [-0.15, -0.1) is 11.8 Å². The molecule has 0 saturated heterocycles. The van der Waals surface area contributed by atoms with Crippen LogP contribution in [0.25, 0.3) is 5.69 Å². The van der Waals surface area contributed by atoms with E-state index < -0.39 is 0 Å². The lowest BCUT2D eigenvalue weighted by Gasteiger charge is -2.29. The van der Waals surface area contributed by atoms with Crippen LogP contribution in [0, 0.1) is 6.92 Å². The number of hydrogen-bond acceptors (Lipinski definition) is 4. The third-order valence-corrected chi connectivity index (χ3v) is 6.46. The highest BCUT2D eigenvalue weighted by Gasteiger charge is 2.24. The predicted molar refractivity (Wildman–Crippen MR) is 123 cm³/mol. The second-order valence-corrected chi connectivity index (χ2v) is 8.48. The number of para-hydroxylation sites is 2. The fourth-order valence-electron chi connectivity index (χ4n) is 3.70. The fourth-order valence-corrected chi connectivity index (χ4v) is 4.69. The first-order chi connectivity index (χ1) is 15.0. The molecule has 1 aliphatic heterocycles. The summed E-state index contributed by atoms with van der Waals surface area (Å²) in [5.74, 6) is 0.394. The number of hydrogen-bond donors (Lipinski definition) is 1. The maximum Gasteiger partial charge on any atom is 0.295 e. The standard InChI is InChI=1S/C23H24N4O3S/c1-16-22(23(30)27(25(16)2)17-8-4-3-5-9-17)24-20(28)12-13-21(29)26-14-15-31-19-11-7-6-10-18(19)26/h3-11H,12-15H2,1-2H3,(H,24,28). The number of aromatic nitrogens is 2. The average Bonchev–Trinajstić information content (AvgIpc) is 3.00. The second kappa shape index (κ2) is 8.85. The summed E-state index contributed by atoms with van der Waals surface area (Å²) >= 11 is 1.73. The highest BCUT2D eigenvalue weighted by molar-refractivity contribution is 7.99. The Balaban J connectivity index is 1.45. The number of carbonyl (C=O) groups excluding carboxylic acids is 2. The summed E-state index contributed by atoms with van der Waals surface area (Å²) in [4.78, 5) is 41.1.